The van der Waals surface area contributed by atoms with Crippen LogP contribution in [0.1, 0.15) is 19.3 Å². The average molecular weight is 186 g/mol. The molecule has 0 heterocycles. The summed E-state index contributed by atoms with van der Waals surface area (Å²) in [5.74, 6) is -0.0919. The first kappa shape index (κ1) is 8.40. The predicted molar refractivity (Wildman–Crippen MR) is 42.4 cm³/mol. The van der Waals surface area contributed by atoms with Crippen molar-refractivity contribution in [3.63, 3.8) is 0 Å². The molecule has 72 valence electrons. The molecule has 2 aliphatic carbocycles. The van der Waals surface area contributed by atoms with Gasteiger partial charge in [0.05, 0.1) is 0 Å². The standard InChI is InChI=1S/C7H10N2O4/c10-8(11)6-2-4-1-5(6)3-7(4)9(12)13/h4-7H,1-3H2/t4-,5-,6?,7?/m1/s1. The van der Waals surface area contributed by atoms with Crippen LogP contribution < -0.4 is 0 Å². The van der Waals surface area contributed by atoms with Crippen molar-refractivity contribution in [2.45, 2.75) is 31.3 Å². The largest absolute Gasteiger partial charge is 0.264 e. The number of fused-ring (bicyclic) bond motifs is 2. The van der Waals surface area contributed by atoms with E-state index in [9.17, 15) is 20.2 Å². The van der Waals surface area contributed by atoms with E-state index in [-0.39, 0.29) is 21.7 Å². The molecule has 2 saturated carbocycles. The van der Waals surface area contributed by atoms with Crippen molar-refractivity contribution in [3.05, 3.63) is 20.2 Å². The van der Waals surface area contributed by atoms with Gasteiger partial charge in [0.1, 0.15) is 0 Å². The Morgan fingerprint density at radius 2 is 1.23 bits per heavy atom. The zero-order chi connectivity index (χ0) is 9.59. The molecule has 0 saturated heterocycles. The van der Waals surface area contributed by atoms with Gasteiger partial charge < -0.3 is 0 Å². The van der Waals surface area contributed by atoms with Gasteiger partial charge in [0.2, 0.25) is 12.1 Å². The first-order valence-corrected chi connectivity index (χ1v) is 4.36. The molecular formula is C7H10N2O4. The summed E-state index contributed by atoms with van der Waals surface area (Å²) in [6.07, 6.45) is 1.49. The molecule has 0 radical (unpaired) electrons. The van der Waals surface area contributed by atoms with Crippen LogP contribution in [0.15, 0.2) is 0 Å². The number of hydrogen-bond donors (Lipinski definition) is 0. The Balaban J connectivity index is 2.07. The van der Waals surface area contributed by atoms with Gasteiger partial charge in [-0.3, -0.25) is 20.2 Å². The van der Waals surface area contributed by atoms with Gasteiger partial charge >= 0.3 is 0 Å². The smallest absolute Gasteiger partial charge is 0.216 e. The Morgan fingerprint density at radius 3 is 1.46 bits per heavy atom. The molecule has 2 aliphatic rings. The number of nitro groups is 2. The summed E-state index contributed by atoms with van der Waals surface area (Å²) in [6.45, 7) is 0. The minimum absolute atomic E-state index is 0.0459. The maximum atomic E-state index is 10.5. The Kier molecular flexibility index (Phi) is 1.71. The molecule has 2 bridgehead atoms. The Bertz CT molecular complexity index is 241. The van der Waals surface area contributed by atoms with E-state index in [1.165, 1.54) is 0 Å². The van der Waals surface area contributed by atoms with Crippen molar-refractivity contribution in [2.24, 2.45) is 11.8 Å². The number of rotatable bonds is 2. The highest BCUT2D eigenvalue weighted by atomic mass is 16.6. The van der Waals surface area contributed by atoms with Crippen molar-refractivity contribution in [1.82, 2.24) is 0 Å². The third kappa shape index (κ3) is 1.16. The topological polar surface area (TPSA) is 86.3 Å². The van der Waals surface area contributed by atoms with E-state index in [2.05, 4.69) is 0 Å². The zero-order valence-electron chi connectivity index (χ0n) is 6.96. The summed E-state index contributed by atoms with van der Waals surface area (Å²) in [4.78, 5) is 20.5. The van der Waals surface area contributed by atoms with Crippen LogP contribution in [0.2, 0.25) is 0 Å². The number of nitrogens with zero attached hydrogens (tertiary/aromatic N) is 2. The molecule has 0 aromatic rings. The van der Waals surface area contributed by atoms with E-state index in [0.717, 1.165) is 0 Å². The number of hydrogen-bond acceptors (Lipinski definition) is 4. The molecule has 0 amide bonds. The second kappa shape index (κ2) is 2.65. The monoisotopic (exact) mass is 186 g/mol. The minimum Gasteiger partial charge on any atom is -0.264 e. The van der Waals surface area contributed by atoms with Gasteiger partial charge in [-0.2, -0.15) is 0 Å². The predicted octanol–water partition coefficient (Wildman–Crippen LogP) is 0.707. The van der Waals surface area contributed by atoms with Gasteiger partial charge in [0.25, 0.3) is 0 Å². The Hall–Kier alpha value is -1.20. The van der Waals surface area contributed by atoms with Crippen LogP contribution in [-0.4, -0.2) is 21.9 Å². The summed E-state index contributed by atoms with van der Waals surface area (Å²) in [7, 11) is 0. The molecule has 4 atom stereocenters. The van der Waals surface area contributed by atoms with E-state index in [0.29, 0.717) is 19.3 Å². The lowest BCUT2D eigenvalue weighted by atomic mass is 9.92. The molecule has 6 nitrogen and oxygen atoms in total. The molecule has 0 aromatic carbocycles. The SMILES string of the molecule is O=[N+]([O-])C1C[C@H]2C[C@@H]1CC2[N+](=O)[O-]. The van der Waals surface area contributed by atoms with Crippen molar-refractivity contribution in [1.29, 1.82) is 0 Å². The van der Waals surface area contributed by atoms with Crippen LogP contribution >= 0.6 is 0 Å². The summed E-state index contributed by atoms with van der Waals surface area (Å²) in [5.41, 5.74) is 0. The van der Waals surface area contributed by atoms with E-state index in [1.54, 1.807) is 0 Å². The zero-order valence-corrected chi connectivity index (χ0v) is 6.96. The molecule has 2 unspecified atom stereocenters. The van der Waals surface area contributed by atoms with Crippen LogP contribution in [-0.2, 0) is 0 Å². The lowest BCUT2D eigenvalue weighted by molar-refractivity contribution is -0.556. The molecule has 0 spiro atoms. The summed E-state index contributed by atoms with van der Waals surface area (Å²) in [5, 5.41) is 21.0. The van der Waals surface area contributed by atoms with Crippen LogP contribution in [0.25, 0.3) is 0 Å². The maximum absolute atomic E-state index is 10.5. The second-order valence-corrected chi connectivity index (χ2v) is 3.93. The van der Waals surface area contributed by atoms with Crippen molar-refractivity contribution < 1.29 is 9.85 Å². The molecule has 0 aliphatic heterocycles. The fraction of sp³-hybridized carbons (Fsp3) is 1.00. The summed E-state index contributed by atoms with van der Waals surface area (Å²) < 4.78 is 0. The molecular weight excluding hydrogens is 176 g/mol. The Labute approximate surface area is 74.2 Å². The molecule has 2 fully saturated rings. The van der Waals surface area contributed by atoms with Crippen molar-refractivity contribution >= 4 is 0 Å². The minimum atomic E-state index is -0.513. The maximum Gasteiger partial charge on any atom is 0.216 e. The van der Waals surface area contributed by atoms with Gasteiger partial charge in [0.15, 0.2) is 0 Å². The van der Waals surface area contributed by atoms with Crippen molar-refractivity contribution in [3.8, 4) is 0 Å². The first-order valence-electron chi connectivity index (χ1n) is 4.36. The molecule has 0 aromatic heterocycles. The van der Waals surface area contributed by atoms with E-state index in [4.69, 9.17) is 0 Å². The lowest BCUT2D eigenvalue weighted by Gasteiger charge is -2.17. The fourth-order valence-corrected chi connectivity index (χ4v) is 2.73. The van der Waals surface area contributed by atoms with Gasteiger partial charge in [0, 0.05) is 34.5 Å². The van der Waals surface area contributed by atoms with Crippen LogP contribution in [0.3, 0.4) is 0 Å². The van der Waals surface area contributed by atoms with Crippen molar-refractivity contribution in [2.75, 3.05) is 0 Å². The Morgan fingerprint density at radius 1 is 0.846 bits per heavy atom. The summed E-state index contributed by atoms with van der Waals surface area (Å²) >= 11 is 0. The van der Waals surface area contributed by atoms with E-state index < -0.39 is 12.1 Å². The highest BCUT2D eigenvalue weighted by molar-refractivity contribution is 4.95. The molecule has 6 heteroatoms. The lowest BCUT2D eigenvalue weighted by Crippen LogP contribution is -2.34. The average Bonchev–Trinajstić information content (AvgIpc) is 2.60. The van der Waals surface area contributed by atoms with Crippen LogP contribution in [0.4, 0.5) is 0 Å². The van der Waals surface area contributed by atoms with Gasteiger partial charge in [-0.05, 0) is 6.42 Å². The molecule has 0 N–H and O–H groups in total. The van der Waals surface area contributed by atoms with Crippen LogP contribution in [0.5, 0.6) is 0 Å². The highest BCUT2D eigenvalue weighted by Crippen LogP contribution is 2.46. The second-order valence-electron chi connectivity index (χ2n) is 3.93. The quantitative estimate of drug-likeness (QED) is 0.469. The fourth-order valence-electron chi connectivity index (χ4n) is 2.73. The first-order chi connectivity index (χ1) is 6.09. The summed E-state index contributed by atoms with van der Waals surface area (Å²) in [6, 6.07) is -1.03. The normalized spacial score (nSPS) is 42.2. The third-order valence-corrected chi connectivity index (χ3v) is 3.32. The van der Waals surface area contributed by atoms with Gasteiger partial charge in [-0.15, -0.1) is 0 Å². The van der Waals surface area contributed by atoms with E-state index in [1.807, 2.05) is 0 Å². The third-order valence-electron chi connectivity index (χ3n) is 3.32. The van der Waals surface area contributed by atoms with Gasteiger partial charge in [-0.1, -0.05) is 0 Å². The van der Waals surface area contributed by atoms with Gasteiger partial charge in [-0.25, -0.2) is 0 Å². The molecule has 13 heavy (non-hydrogen) atoms. The van der Waals surface area contributed by atoms with E-state index >= 15 is 0 Å². The molecule has 2 rings (SSSR count). The van der Waals surface area contributed by atoms with Crippen LogP contribution in [0, 0.1) is 32.1 Å². The highest BCUT2D eigenvalue weighted by Gasteiger charge is 2.56.